The molecule has 0 amide bonds. The molecule has 4 heteroatoms. The number of phenolic OH excluding ortho intramolecular Hbond substituents is 1. The van der Waals surface area contributed by atoms with Gasteiger partial charge in [-0.25, -0.2) is 0 Å². The van der Waals surface area contributed by atoms with Crippen LogP contribution in [0.3, 0.4) is 0 Å². The average molecular weight is 375 g/mol. The topological polar surface area (TPSA) is 31.5 Å². The monoisotopic (exact) mass is 374 g/mol. The molecule has 0 bridgehead atoms. The van der Waals surface area contributed by atoms with Gasteiger partial charge in [0.2, 0.25) is 0 Å². The Balaban J connectivity index is 0.00000176. The van der Waals surface area contributed by atoms with Crippen molar-refractivity contribution < 1.29 is 26.5 Å². The fourth-order valence-electron chi connectivity index (χ4n) is 2.04. The molecule has 1 heterocycles. The first-order valence-corrected chi connectivity index (χ1v) is 7.55. The maximum Gasteiger partial charge on any atom is 0.413 e. The van der Waals surface area contributed by atoms with Crippen molar-refractivity contribution in [2.45, 2.75) is 6.92 Å². The first-order valence-electron chi connectivity index (χ1n) is 6.67. The Hall–Kier alpha value is -1.91. The molecular weight excluding hydrogens is 360 g/mol. The second-order valence-corrected chi connectivity index (χ2v) is 5.62. The van der Waals surface area contributed by atoms with Crippen LogP contribution in [0, 0.1) is 0 Å². The van der Waals surface area contributed by atoms with E-state index in [1.165, 1.54) is 0 Å². The molecule has 0 fully saturated rings. The van der Waals surface area contributed by atoms with Crippen molar-refractivity contribution in [3.8, 4) is 17.1 Å². The zero-order chi connectivity index (χ0) is 14.7. The molecule has 1 aromatic heterocycles. The number of phenols is 1. The first kappa shape index (κ1) is 16.5. The smallest absolute Gasteiger partial charge is 0.413 e. The van der Waals surface area contributed by atoms with Gasteiger partial charge >= 0.3 is 10.8 Å². The number of allylic oxidation sites excluding steroid dienone is 1. The Morgan fingerprint density at radius 3 is 2.41 bits per heavy atom. The van der Waals surface area contributed by atoms with Crippen LogP contribution in [0.4, 0.5) is 0 Å². The van der Waals surface area contributed by atoms with E-state index in [4.69, 9.17) is 4.42 Å². The van der Waals surface area contributed by atoms with Crippen LogP contribution < -0.4 is 17.0 Å². The third-order valence-corrected chi connectivity index (χ3v) is 4.08. The summed E-state index contributed by atoms with van der Waals surface area (Å²) in [5.74, 6) is 1.16. The number of benzene rings is 2. The van der Waals surface area contributed by atoms with Gasteiger partial charge in [0.25, 0.3) is 0 Å². The van der Waals surface area contributed by atoms with Gasteiger partial charge in [0.1, 0.15) is 11.1 Å². The van der Waals surface area contributed by atoms with Crippen LogP contribution in [0.1, 0.15) is 17.6 Å². The fourth-order valence-corrected chi connectivity index (χ4v) is 2.82. The highest BCUT2D eigenvalue weighted by atomic mass is 79.9. The third kappa shape index (κ3) is 3.84. The second kappa shape index (κ2) is 7.38. The second-order valence-electron chi connectivity index (χ2n) is 4.77. The van der Waals surface area contributed by atoms with E-state index in [0.29, 0.717) is 0 Å². The zero-order valence-electron chi connectivity index (χ0n) is 12.0. The molecule has 2 nitrogen and oxygen atoms in total. The van der Waals surface area contributed by atoms with E-state index < -0.39 is 0 Å². The molecule has 1 N–H and O–H groups in total. The number of hydrogen-bond donors (Lipinski definition) is 1. The summed E-state index contributed by atoms with van der Waals surface area (Å²) in [5.41, 5.74) is 3.18. The molecular formula is C18H15BrO2S. The van der Waals surface area contributed by atoms with E-state index in [1.54, 1.807) is 23.5 Å². The summed E-state index contributed by atoms with van der Waals surface area (Å²) in [4.78, 5) is 0. The molecule has 0 unspecified atom stereocenters. The molecule has 2 aromatic carbocycles. The normalized spacial score (nSPS) is 11.0. The highest BCUT2D eigenvalue weighted by molar-refractivity contribution is 7.10. The molecule has 0 aliphatic carbocycles. The zero-order valence-corrected chi connectivity index (χ0v) is 14.4. The summed E-state index contributed by atoms with van der Waals surface area (Å²) in [5, 5.41) is 12.2. The predicted octanol–water partition coefficient (Wildman–Crippen LogP) is 2.56. The Kier molecular flexibility index (Phi) is 5.52. The molecule has 0 radical (unpaired) electrons. The summed E-state index contributed by atoms with van der Waals surface area (Å²) in [6.07, 6.45) is 2.05. The quantitative estimate of drug-likeness (QED) is 0.714. The lowest BCUT2D eigenvalue weighted by molar-refractivity contribution is -0.00000556. The molecule has 0 aliphatic rings. The van der Waals surface area contributed by atoms with Crippen molar-refractivity contribution in [2.24, 2.45) is 0 Å². The molecule has 0 aliphatic heterocycles. The van der Waals surface area contributed by atoms with Crippen molar-refractivity contribution in [3.63, 3.8) is 0 Å². The van der Waals surface area contributed by atoms with Crippen LogP contribution in [0.15, 0.2) is 64.4 Å². The summed E-state index contributed by atoms with van der Waals surface area (Å²) in [7, 11) is 0. The van der Waals surface area contributed by atoms with Gasteiger partial charge in [-0.15, -0.1) is 0 Å². The van der Waals surface area contributed by atoms with E-state index in [0.717, 1.165) is 27.5 Å². The van der Waals surface area contributed by atoms with Crippen LogP contribution in [-0.4, -0.2) is 5.11 Å². The fraction of sp³-hybridized carbons (Fsp3) is 0.0556. The van der Waals surface area contributed by atoms with E-state index in [2.05, 4.69) is 0 Å². The maximum absolute atomic E-state index is 9.30. The first-order chi connectivity index (χ1) is 10.2. The van der Waals surface area contributed by atoms with Gasteiger partial charge < -0.3 is 22.1 Å². The van der Waals surface area contributed by atoms with Crippen molar-refractivity contribution in [1.29, 1.82) is 0 Å². The highest BCUT2D eigenvalue weighted by Crippen LogP contribution is 2.30. The average Bonchev–Trinajstić information content (AvgIpc) is 3.00. The van der Waals surface area contributed by atoms with E-state index >= 15 is 0 Å². The van der Waals surface area contributed by atoms with Crippen LogP contribution in [0.25, 0.3) is 23.0 Å². The number of hydrogen-bond acceptors (Lipinski definition) is 2. The van der Waals surface area contributed by atoms with Crippen LogP contribution in [-0.2, 0) is 0 Å². The lowest BCUT2D eigenvalue weighted by Gasteiger charge is -1.94. The summed E-state index contributed by atoms with van der Waals surface area (Å²) in [6.45, 7) is 2.02. The van der Waals surface area contributed by atoms with Gasteiger partial charge in [-0.2, -0.15) is 4.42 Å². The molecule has 3 aromatic rings. The minimum Gasteiger partial charge on any atom is -1.00 e. The lowest BCUT2D eigenvalue weighted by atomic mass is 10.1. The third-order valence-electron chi connectivity index (χ3n) is 3.13. The molecule has 112 valence electrons. The molecule has 3 rings (SSSR count). The summed E-state index contributed by atoms with van der Waals surface area (Å²) < 4.78 is 5.93. The molecule has 0 atom stereocenters. The van der Waals surface area contributed by atoms with Crippen LogP contribution >= 0.6 is 11.3 Å². The van der Waals surface area contributed by atoms with Gasteiger partial charge in [-0.3, -0.25) is 0 Å². The Morgan fingerprint density at radius 2 is 1.73 bits per heavy atom. The minimum absolute atomic E-state index is 0. The Morgan fingerprint density at radius 1 is 1.05 bits per heavy atom. The standard InChI is InChI=1S/C18H14O2S.BrH/c1-13(11-14-7-9-16(19)10-8-14)18-20-17(12-21-18)15-5-3-2-4-6-15;/h2-12H,1H3;1H/b13-11+;. The molecule has 0 saturated heterocycles. The Bertz CT molecular complexity index is 761. The Labute approximate surface area is 144 Å². The van der Waals surface area contributed by atoms with Gasteiger partial charge in [0.15, 0.2) is 0 Å². The molecule has 22 heavy (non-hydrogen) atoms. The van der Waals surface area contributed by atoms with Crippen molar-refractivity contribution in [3.05, 3.63) is 70.6 Å². The molecule has 0 saturated carbocycles. The highest BCUT2D eigenvalue weighted by Gasteiger charge is 2.20. The summed E-state index contributed by atoms with van der Waals surface area (Å²) >= 11 is 1.59. The van der Waals surface area contributed by atoms with Gasteiger partial charge in [-0.05, 0) is 54.2 Å². The van der Waals surface area contributed by atoms with E-state index in [9.17, 15) is 5.11 Å². The summed E-state index contributed by atoms with van der Waals surface area (Å²) in [6, 6.07) is 17.2. The van der Waals surface area contributed by atoms with Crippen molar-refractivity contribution >= 4 is 23.0 Å². The maximum atomic E-state index is 9.30. The van der Waals surface area contributed by atoms with Gasteiger partial charge in [0.05, 0.1) is 11.1 Å². The van der Waals surface area contributed by atoms with Crippen LogP contribution in [0.2, 0.25) is 0 Å². The van der Waals surface area contributed by atoms with Crippen LogP contribution in [0.5, 0.6) is 5.75 Å². The SMILES string of the molecule is C/C(=C\c1ccc(O)cc1)c1[o+]c(-c2ccccc2)cs1.[Br-]. The molecule has 0 spiro atoms. The predicted molar refractivity (Wildman–Crippen MR) is 88.1 cm³/mol. The van der Waals surface area contributed by atoms with E-state index in [1.807, 2.05) is 60.8 Å². The number of rotatable bonds is 3. The minimum atomic E-state index is 0. The number of aromatic hydroxyl groups is 1. The van der Waals surface area contributed by atoms with Crippen molar-refractivity contribution in [2.75, 3.05) is 0 Å². The van der Waals surface area contributed by atoms with E-state index in [-0.39, 0.29) is 22.7 Å². The lowest BCUT2D eigenvalue weighted by Crippen LogP contribution is -3.00. The van der Waals surface area contributed by atoms with Crippen molar-refractivity contribution in [1.82, 2.24) is 0 Å². The number of halogens is 1. The van der Waals surface area contributed by atoms with Gasteiger partial charge in [0, 0.05) is 0 Å². The largest absolute Gasteiger partial charge is 1.00 e. The van der Waals surface area contributed by atoms with Gasteiger partial charge in [-0.1, -0.05) is 30.3 Å².